The summed E-state index contributed by atoms with van der Waals surface area (Å²) in [5, 5.41) is 10.2. The smallest absolute Gasteiger partial charge is 0.165 e. The minimum absolute atomic E-state index is 0.186. The van der Waals surface area contributed by atoms with E-state index in [0.717, 1.165) is 11.3 Å². The highest BCUT2D eigenvalue weighted by molar-refractivity contribution is 7.12. The summed E-state index contributed by atoms with van der Waals surface area (Å²) >= 11 is 1.55. The molecule has 1 unspecified atom stereocenters. The Kier molecular flexibility index (Phi) is 3.99. The summed E-state index contributed by atoms with van der Waals surface area (Å²) < 4.78 is 18.4. The molecule has 0 aliphatic rings. The van der Waals surface area contributed by atoms with Crippen LogP contribution < -0.4 is 4.74 Å². The fourth-order valence-electron chi connectivity index (χ4n) is 1.75. The van der Waals surface area contributed by atoms with Gasteiger partial charge in [-0.25, -0.2) is 4.39 Å². The molecule has 0 saturated heterocycles. The molecular weight excluding hydrogens is 251 g/mol. The molecule has 0 amide bonds. The summed E-state index contributed by atoms with van der Waals surface area (Å²) in [5.41, 5.74) is 0.540. The van der Waals surface area contributed by atoms with Crippen LogP contribution in [0.25, 0.3) is 0 Å². The molecule has 1 heterocycles. The maximum absolute atomic E-state index is 13.6. The quantitative estimate of drug-likeness (QED) is 0.917. The third kappa shape index (κ3) is 2.54. The lowest BCUT2D eigenvalue weighted by molar-refractivity contribution is 0.223. The van der Waals surface area contributed by atoms with Gasteiger partial charge in [0.1, 0.15) is 6.10 Å². The van der Waals surface area contributed by atoms with Crippen molar-refractivity contribution >= 4 is 11.3 Å². The van der Waals surface area contributed by atoms with Crippen LogP contribution in [0.4, 0.5) is 4.39 Å². The zero-order valence-electron chi connectivity index (χ0n) is 10.3. The van der Waals surface area contributed by atoms with E-state index in [1.54, 1.807) is 17.4 Å². The van der Waals surface area contributed by atoms with Crippen molar-refractivity contribution in [3.63, 3.8) is 0 Å². The van der Waals surface area contributed by atoms with E-state index < -0.39 is 11.9 Å². The van der Waals surface area contributed by atoms with E-state index in [0.29, 0.717) is 5.56 Å². The van der Waals surface area contributed by atoms with Crippen molar-refractivity contribution in [2.75, 3.05) is 7.11 Å². The normalized spacial score (nSPS) is 12.4. The first kappa shape index (κ1) is 13.1. The number of halogens is 1. The number of aryl methyl sites for hydroxylation is 1. The molecule has 2 aromatic rings. The van der Waals surface area contributed by atoms with Crippen LogP contribution in [-0.4, -0.2) is 12.2 Å². The van der Waals surface area contributed by atoms with E-state index in [4.69, 9.17) is 4.74 Å². The van der Waals surface area contributed by atoms with E-state index in [-0.39, 0.29) is 5.75 Å². The Bertz CT molecular complexity index is 536. The second-order valence-electron chi connectivity index (χ2n) is 3.95. The van der Waals surface area contributed by atoms with Crippen LogP contribution in [0.15, 0.2) is 30.3 Å². The standard InChI is InChI=1S/C14H15FO2S/c1-3-10-5-7-13(18-10)14(16)9-4-6-12(17-2)11(15)8-9/h4-8,14,16H,3H2,1-2H3. The number of rotatable bonds is 4. The number of aliphatic hydroxyl groups is 1. The van der Waals surface area contributed by atoms with Crippen LogP contribution in [0.1, 0.15) is 28.3 Å². The van der Waals surface area contributed by atoms with Crippen molar-refractivity contribution in [1.29, 1.82) is 0 Å². The summed E-state index contributed by atoms with van der Waals surface area (Å²) in [6.45, 7) is 2.06. The summed E-state index contributed by atoms with van der Waals surface area (Å²) in [5.74, 6) is -0.271. The van der Waals surface area contributed by atoms with Gasteiger partial charge in [-0.1, -0.05) is 13.0 Å². The number of aliphatic hydroxyl groups excluding tert-OH is 1. The molecule has 0 aliphatic heterocycles. The van der Waals surface area contributed by atoms with Gasteiger partial charge in [0, 0.05) is 9.75 Å². The van der Waals surface area contributed by atoms with Crippen molar-refractivity contribution in [3.05, 3.63) is 51.5 Å². The largest absolute Gasteiger partial charge is 0.494 e. The van der Waals surface area contributed by atoms with Crippen molar-refractivity contribution in [2.24, 2.45) is 0 Å². The van der Waals surface area contributed by atoms with Gasteiger partial charge in [-0.3, -0.25) is 0 Å². The van der Waals surface area contributed by atoms with E-state index >= 15 is 0 Å². The Labute approximate surface area is 110 Å². The second kappa shape index (κ2) is 5.50. The molecule has 0 spiro atoms. The zero-order valence-corrected chi connectivity index (χ0v) is 11.1. The van der Waals surface area contributed by atoms with Crippen molar-refractivity contribution in [2.45, 2.75) is 19.4 Å². The minimum atomic E-state index is -0.782. The maximum atomic E-state index is 13.6. The molecule has 96 valence electrons. The van der Waals surface area contributed by atoms with Gasteiger partial charge in [0.2, 0.25) is 0 Å². The molecule has 18 heavy (non-hydrogen) atoms. The first-order valence-corrected chi connectivity index (χ1v) is 6.57. The number of thiophene rings is 1. The van der Waals surface area contributed by atoms with Gasteiger partial charge >= 0.3 is 0 Å². The lowest BCUT2D eigenvalue weighted by Gasteiger charge is -2.10. The molecule has 4 heteroatoms. The summed E-state index contributed by atoms with van der Waals surface area (Å²) in [7, 11) is 1.42. The van der Waals surface area contributed by atoms with Crippen molar-refractivity contribution in [3.8, 4) is 5.75 Å². The average Bonchev–Trinajstić information content (AvgIpc) is 2.86. The van der Waals surface area contributed by atoms with Crippen LogP contribution in [0, 0.1) is 5.82 Å². The molecule has 0 saturated carbocycles. The van der Waals surface area contributed by atoms with Crippen LogP contribution in [0.3, 0.4) is 0 Å². The molecular formula is C14H15FO2S. The summed E-state index contributed by atoms with van der Waals surface area (Å²) in [4.78, 5) is 2.04. The van der Waals surface area contributed by atoms with Gasteiger partial charge in [-0.05, 0) is 36.2 Å². The highest BCUT2D eigenvalue weighted by Crippen LogP contribution is 2.30. The molecule has 0 aliphatic carbocycles. The molecule has 0 fully saturated rings. The number of ether oxygens (including phenoxy) is 1. The Balaban J connectivity index is 2.27. The molecule has 1 aromatic carbocycles. The monoisotopic (exact) mass is 266 g/mol. The lowest BCUT2D eigenvalue weighted by Crippen LogP contribution is -1.98. The second-order valence-corrected chi connectivity index (χ2v) is 5.15. The number of hydrogen-bond acceptors (Lipinski definition) is 3. The maximum Gasteiger partial charge on any atom is 0.165 e. The summed E-state index contributed by atoms with van der Waals surface area (Å²) in [6, 6.07) is 8.40. The van der Waals surface area contributed by atoms with Crippen LogP contribution in [0.2, 0.25) is 0 Å². The first-order valence-electron chi connectivity index (χ1n) is 5.75. The molecule has 1 N–H and O–H groups in total. The minimum Gasteiger partial charge on any atom is -0.494 e. The van der Waals surface area contributed by atoms with Gasteiger partial charge in [0.05, 0.1) is 7.11 Å². The van der Waals surface area contributed by atoms with Crippen LogP contribution in [-0.2, 0) is 6.42 Å². The third-order valence-corrected chi connectivity index (χ3v) is 4.07. The fraction of sp³-hybridized carbons (Fsp3) is 0.286. The lowest BCUT2D eigenvalue weighted by atomic mass is 10.1. The van der Waals surface area contributed by atoms with Gasteiger partial charge in [0.15, 0.2) is 11.6 Å². The van der Waals surface area contributed by atoms with Crippen molar-refractivity contribution < 1.29 is 14.2 Å². The van der Waals surface area contributed by atoms with Gasteiger partial charge < -0.3 is 9.84 Å². The first-order chi connectivity index (χ1) is 8.65. The van der Waals surface area contributed by atoms with E-state index in [1.807, 2.05) is 12.1 Å². The van der Waals surface area contributed by atoms with Crippen molar-refractivity contribution in [1.82, 2.24) is 0 Å². The van der Waals surface area contributed by atoms with Crippen LogP contribution >= 0.6 is 11.3 Å². The number of methoxy groups -OCH3 is 1. The number of benzene rings is 1. The van der Waals surface area contributed by atoms with Gasteiger partial charge in [-0.15, -0.1) is 11.3 Å². The molecule has 1 aromatic heterocycles. The molecule has 2 nitrogen and oxygen atoms in total. The Morgan fingerprint density at radius 3 is 2.67 bits per heavy atom. The predicted molar refractivity (Wildman–Crippen MR) is 70.7 cm³/mol. The Morgan fingerprint density at radius 2 is 2.11 bits per heavy atom. The predicted octanol–water partition coefficient (Wildman–Crippen LogP) is 3.54. The molecule has 1 atom stereocenters. The van der Waals surface area contributed by atoms with Crippen LogP contribution in [0.5, 0.6) is 5.75 Å². The topological polar surface area (TPSA) is 29.5 Å². The zero-order chi connectivity index (χ0) is 13.1. The van der Waals surface area contributed by atoms with E-state index in [9.17, 15) is 9.50 Å². The fourth-order valence-corrected chi connectivity index (χ4v) is 2.72. The SMILES string of the molecule is CCc1ccc(C(O)c2ccc(OC)c(F)c2)s1. The molecule has 0 bridgehead atoms. The highest BCUT2D eigenvalue weighted by Gasteiger charge is 2.15. The van der Waals surface area contributed by atoms with Gasteiger partial charge in [-0.2, -0.15) is 0 Å². The highest BCUT2D eigenvalue weighted by atomic mass is 32.1. The average molecular weight is 266 g/mol. The Morgan fingerprint density at radius 1 is 1.33 bits per heavy atom. The van der Waals surface area contributed by atoms with E-state index in [2.05, 4.69) is 6.92 Å². The number of hydrogen-bond donors (Lipinski definition) is 1. The summed E-state index contributed by atoms with van der Waals surface area (Å²) in [6.07, 6.45) is 0.157. The Hall–Kier alpha value is -1.39. The van der Waals surface area contributed by atoms with E-state index in [1.165, 1.54) is 24.1 Å². The molecule has 0 radical (unpaired) electrons. The third-order valence-electron chi connectivity index (χ3n) is 2.79. The molecule has 2 rings (SSSR count). The van der Waals surface area contributed by atoms with Gasteiger partial charge in [0.25, 0.3) is 0 Å².